The summed E-state index contributed by atoms with van der Waals surface area (Å²) in [6, 6.07) is 7.11. The first-order valence-electron chi connectivity index (χ1n) is 4.44. The van der Waals surface area contributed by atoms with Gasteiger partial charge in [-0.2, -0.15) is 0 Å². The monoisotopic (exact) mass is 195 g/mol. The highest BCUT2D eigenvalue weighted by Gasteiger charge is 2.26. The number of nitrogens with one attached hydrogen (secondary N) is 1. The molecule has 1 atom stereocenters. The molecule has 1 N–H and O–H groups in total. The third kappa shape index (κ3) is 1.55. The van der Waals surface area contributed by atoms with E-state index in [1.807, 2.05) is 6.07 Å². The molecule has 0 aliphatic carbocycles. The van der Waals surface area contributed by atoms with E-state index < -0.39 is 12.8 Å². The minimum absolute atomic E-state index is 0.0974. The van der Waals surface area contributed by atoms with Gasteiger partial charge in [-0.25, -0.2) is 0 Å². The summed E-state index contributed by atoms with van der Waals surface area (Å²) < 4.78 is 17.4. The fourth-order valence-corrected chi connectivity index (χ4v) is 1.38. The van der Waals surface area contributed by atoms with Crippen molar-refractivity contribution in [2.75, 3.05) is 12.0 Å². The number of alkyl halides is 1. The molecule has 1 aliphatic rings. The van der Waals surface area contributed by atoms with E-state index in [0.717, 1.165) is 0 Å². The molecule has 1 aliphatic heterocycles. The highest BCUT2D eigenvalue weighted by Crippen LogP contribution is 2.29. The van der Waals surface area contributed by atoms with Crippen molar-refractivity contribution < 1.29 is 13.9 Å². The van der Waals surface area contributed by atoms with Crippen molar-refractivity contribution in [2.45, 2.75) is 12.5 Å². The van der Waals surface area contributed by atoms with Crippen LogP contribution in [0.2, 0.25) is 0 Å². The van der Waals surface area contributed by atoms with Gasteiger partial charge in [0.25, 0.3) is 5.91 Å². The Labute approximate surface area is 80.9 Å². The molecular weight excluding hydrogens is 185 g/mol. The fraction of sp³-hybridized carbons (Fsp3) is 0.300. The molecule has 0 aromatic heterocycles. The van der Waals surface area contributed by atoms with Gasteiger partial charge >= 0.3 is 0 Å². The fourth-order valence-electron chi connectivity index (χ4n) is 1.38. The standard InChI is InChI=1S/C10H10FNO2/c11-6-5-9-10(13)12-7-3-1-2-4-8(7)14-9/h1-4,9H,5-6H2,(H,12,13). The minimum Gasteiger partial charge on any atom is -0.478 e. The van der Waals surface area contributed by atoms with Gasteiger partial charge in [-0.05, 0) is 12.1 Å². The Hall–Kier alpha value is -1.58. The van der Waals surface area contributed by atoms with Crippen molar-refractivity contribution in [3.05, 3.63) is 24.3 Å². The first-order chi connectivity index (χ1) is 6.81. The van der Waals surface area contributed by atoms with Crippen LogP contribution >= 0.6 is 0 Å². The second-order valence-electron chi connectivity index (χ2n) is 3.07. The molecule has 0 radical (unpaired) electrons. The first kappa shape index (κ1) is 8.99. The maximum Gasteiger partial charge on any atom is 0.265 e. The van der Waals surface area contributed by atoms with Crippen molar-refractivity contribution in [3.63, 3.8) is 0 Å². The second kappa shape index (κ2) is 3.65. The number of anilines is 1. The van der Waals surface area contributed by atoms with Crippen LogP contribution in [0, 0.1) is 0 Å². The van der Waals surface area contributed by atoms with Crippen LogP contribution in [0.4, 0.5) is 10.1 Å². The van der Waals surface area contributed by atoms with E-state index in [9.17, 15) is 9.18 Å². The molecule has 0 fully saturated rings. The number of fused-ring (bicyclic) bond motifs is 1. The van der Waals surface area contributed by atoms with Crippen molar-refractivity contribution in [2.24, 2.45) is 0 Å². The van der Waals surface area contributed by atoms with Crippen molar-refractivity contribution in [1.82, 2.24) is 0 Å². The molecule has 3 nitrogen and oxygen atoms in total. The van der Waals surface area contributed by atoms with E-state index in [1.165, 1.54) is 0 Å². The summed E-state index contributed by atoms with van der Waals surface area (Å²) >= 11 is 0. The lowest BCUT2D eigenvalue weighted by Gasteiger charge is -2.24. The molecular formula is C10H10FNO2. The maximum atomic E-state index is 12.1. The summed E-state index contributed by atoms with van der Waals surface area (Å²) in [7, 11) is 0. The van der Waals surface area contributed by atoms with Crippen LogP contribution in [0.25, 0.3) is 0 Å². The molecule has 14 heavy (non-hydrogen) atoms. The summed E-state index contributed by atoms with van der Waals surface area (Å²) in [6.07, 6.45) is -0.602. The van der Waals surface area contributed by atoms with E-state index in [0.29, 0.717) is 11.4 Å². The average molecular weight is 195 g/mol. The molecule has 74 valence electrons. The summed E-state index contributed by atoms with van der Waals surface area (Å²) in [4.78, 5) is 11.3. The van der Waals surface area contributed by atoms with Crippen LogP contribution in [0.1, 0.15) is 6.42 Å². The Balaban J connectivity index is 2.22. The smallest absolute Gasteiger partial charge is 0.265 e. The van der Waals surface area contributed by atoms with Gasteiger partial charge in [0.1, 0.15) is 5.75 Å². The van der Waals surface area contributed by atoms with Crippen LogP contribution in [-0.4, -0.2) is 18.7 Å². The molecule has 1 aromatic carbocycles. The van der Waals surface area contributed by atoms with Gasteiger partial charge in [0.15, 0.2) is 6.10 Å². The number of para-hydroxylation sites is 2. The SMILES string of the molecule is O=C1Nc2ccccc2OC1CCF. The zero-order valence-corrected chi connectivity index (χ0v) is 7.50. The Kier molecular flexibility index (Phi) is 2.35. The van der Waals surface area contributed by atoms with Crippen molar-refractivity contribution in [3.8, 4) is 5.75 Å². The Morgan fingerprint density at radius 1 is 1.43 bits per heavy atom. The zero-order chi connectivity index (χ0) is 9.97. The second-order valence-corrected chi connectivity index (χ2v) is 3.07. The van der Waals surface area contributed by atoms with Gasteiger partial charge in [0.2, 0.25) is 0 Å². The number of hydrogen-bond acceptors (Lipinski definition) is 2. The average Bonchev–Trinajstić information content (AvgIpc) is 2.19. The lowest BCUT2D eigenvalue weighted by molar-refractivity contribution is -0.123. The Morgan fingerprint density at radius 3 is 3.00 bits per heavy atom. The van der Waals surface area contributed by atoms with Crippen LogP contribution in [0.3, 0.4) is 0 Å². The Bertz CT molecular complexity index is 354. The van der Waals surface area contributed by atoms with E-state index in [2.05, 4.69) is 5.32 Å². The zero-order valence-electron chi connectivity index (χ0n) is 7.50. The highest BCUT2D eigenvalue weighted by molar-refractivity contribution is 5.97. The number of benzene rings is 1. The molecule has 4 heteroatoms. The third-order valence-electron chi connectivity index (χ3n) is 2.08. The van der Waals surface area contributed by atoms with Crippen LogP contribution in [0.5, 0.6) is 5.75 Å². The summed E-state index contributed by atoms with van der Waals surface area (Å²) in [5.41, 5.74) is 0.646. The van der Waals surface area contributed by atoms with Crippen molar-refractivity contribution in [1.29, 1.82) is 0 Å². The van der Waals surface area contributed by atoms with E-state index in [-0.39, 0.29) is 12.3 Å². The van der Waals surface area contributed by atoms with Gasteiger partial charge in [0.05, 0.1) is 12.4 Å². The molecule has 0 saturated carbocycles. The Morgan fingerprint density at radius 2 is 2.21 bits per heavy atom. The van der Waals surface area contributed by atoms with Crippen LogP contribution < -0.4 is 10.1 Å². The number of hydrogen-bond donors (Lipinski definition) is 1. The summed E-state index contributed by atoms with van der Waals surface area (Å²) in [5, 5.41) is 2.66. The van der Waals surface area contributed by atoms with Gasteiger partial charge in [-0.1, -0.05) is 12.1 Å². The molecule has 1 amide bonds. The van der Waals surface area contributed by atoms with Gasteiger partial charge in [-0.15, -0.1) is 0 Å². The van der Waals surface area contributed by atoms with E-state index >= 15 is 0 Å². The maximum absolute atomic E-state index is 12.1. The van der Waals surface area contributed by atoms with Gasteiger partial charge in [-0.3, -0.25) is 9.18 Å². The van der Waals surface area contributed by atoms with Gasteiger partial charge in [0, 0.05) is 6.42 Å². The largest absolute Gasteiger partial charge is 0.478 e. The molecule has 1 unspecified atom stereocenters. The van der Waals surface area contributed by atoms with E-state index in [4.69, 9.17) is 4.74 Å². The number of amides is 1. The number of carbonyl (C=O) groups is 1. The highest BCUT2D eigenvalue weighted by atomic mass is 19.1. The lowest BCUT2D eigenvalue weighted by atomic mass is 10.2. The first-order valence-corrected chi connectivity index (χ1v) is 4.44. The van der Waals surface area contributed by atoms with Crippen LogP contribution in [0.15, 0.2) is 24.3 Å². The molecule has 0 saturated heterocycles. The third-order valence-corrected chi connectivity index (χ3v) is 2.08. The number of halogens is 1. The predicted octanol–water partition coefficient (Wildman–Crippen LogP) is 1.75. The molecule has 1 heterocycles. The molecule has 0 spiro atoms. The predicted molar refractivity (Wildman–Crippen MR) is 50.1 cm³/mol. The lowest BCUT2D eigenvalue weighted by Crippen LogP contribution is -2.37. The topological polar surface area (TPSA) is 38.3 Å². The van der Waals surface area contributed by atoms with Crippen LogP contribution in [-0.2, 0) is 4.79 Å². The quantitative estimate of drug-likeness (QED) is 0.780. The number of carbonyl (C=O) groups excluding carboxylic acids is 1. The molecule has 1 aromatic rings. The number of ether oxygens (including phenoxy) is 1. The summed E-state index contributed by atoms with van der Waals surface area (Å²) in [6.45, 7) is -0.555. The summed E-state index contributed by atoms with van der Waals surface area (Å²) in [5.74, 6) is 0.326. The van der Waals surface area contributed by atoms with E-state index in [1.54, 1.807) is 18.2 Å². The van der Waals surface area contributed by atoms with Gasteiger partial charge < -0.3 is 10.1 Å². The molecule has 2 rings (SSSR count). The normalized spacial score (nSPS) is 19.5. The van der Waals surface area contributed by atoms with Crippen molar-refractivity contribution >= 4 is 11.6 Å². The number of rotatable bonds is 2. The molecule has 0 bridgehead atoms. The minimum atomic E-state index is -0.699.